The van der Waals surface area contributed by atoms with E-state index in [1.54, 1.807) is 0 Å². The lowest BCUT2D eigenvalue weighted by Crippen LogP contribution is -2.37. The van der Waals surface area contributed by atoms with E-state index < -0.39 is 10.0 Å². The van der Waals surface area contributed by atoms with Crippen LogP contribution in [-0.2, 0) is 19.6 Å². The predicted molar refractivity (Wildman–Crippen MR) is 73.3 cm³/mol. The number of carbonyl (C=O) groups excluding carboxylic acids is 1. The Kier molecular flexibility index (Phi) is 7.33. The molecule has 1 amide bonds. The molecule has 112 valence electrons. The van der Waals surface area contributed by atoms with Gasteiger partial charge in [0.05, 0.1) is 18.9 Å². The molecule has 0 atom stereocenters. The quantitative estimate of drug-likeness (QED) is 0.634. The van der Waals surface area contributed by atoms with Crippen molar-refractivity contribution >= 4 is 15.9 Å². The maximum Gasteiger partial charge on any atom is 0.235 e. The van der Waals surface area contributed by atoms with Gasteiger partial charge in [0.1, 0.15) is 0 Å². The number of hydrogen-bond acceptors (Lipinski definition) is 4. The molecule has 0 saturated heterocycles. The van der Waals surface area contributed by atoms with Crippen LogP contribution in [0.3, 0.4) is 0 Å². The minimum absolute atomic E-state index is 0.206. The first-order chi connectivity index (χ1) is 8.97. The third-order valence-corrected chi connectivity index (χ3v) is 3.71. The van der Waals surface area contributed by atoms with Gasteiger partial charge in [-0.25, -0.2) is 13.1 Å². The van der Waals surface area contributed by atoms with Crippen molar-refractivity contribution in [2.24, 2.45) is 0 Å². The lowest BCUT2D eigenvalue weighted by atomic mass is 9.98. The number of ether oxygens (including phenoxy) is 1. The zero-order chi connectivity index (χ0) is 14.1. The third-order valence-electron chi connectivity index (χ3n) is 3.04. The van der Waals surface area contributed by atoms with E-state index >= 15 is 0 Å². The average molecular weight is 292 g/mol. The van der Waals surface area contributed by atoms with E-state index in [0.717, 1.165) is 25.5 Å². The Bertz CT molecular complexity index is 364. The van der Waals surface area contributed by atoms with Crippen LogP contribution in [0, 0.1) is 0 Å². The number of rotatable bonds is 8. The van der Waals surface area contributed by atoms with E-state index in [0.29, 0.717) is 19.3 Å². The summed E-state index contributed by atoms with van der Waals surface area (Å²) >= 11 is 0. The second kappa shape index (κ2) is 8.50. The summed E-state index contributed by atoms with van der Waals surface area (Å²) in [7, 11) is -3.30. The van der Waals surface area contributed by atoms with E-state index in [9.17, 15) is 13.2 Å². The highest BCUT2D eigenvalue weighted by Crippen LogP contribution is 2.20. The highest BCUT2D eigenvalue weighted by atomic mass is 32.2. The zero-order valence-electron chi connectivity index (χ0n) is 11.5. The number of hydrogen-bond donors (Lipinski definition) is 2. The molecule has 0 radical (unpaired) electrons. The molecular formula is C12H24N2O4S. The summed E-state index contributed by atoms with van der Waals surface area (Å²) in [5, 5.41) is 2.65. The van der Waals surface area contributed by atoms with Crippen molar-refractivity contribution in [3.05, 3.63) is 0 Å². The van der Waals surface area contributed by atoms with Gasteiger partial charge in [-0.15, -0.1) is 0 Å². The SMILES string of the molecule is CS(=O)(=O)NCC(=O)NCCCOC1CCCCC1. The van der Waals surface area contributed by atoms with Crippen LogP contribution >= 0.6 is 0 Å². The molecule has 1 fully saturated rings. The predicted octanol–water partition coefficient (Wildman–Crippen LogP) is 0.391. The smallest absolute Gasteiger partial charge is 0.235 e. The second-order valence-electron chi connectivity index (χ2n) is 4.93. The van der Waals surface area contributed by atoms with Gasteiger partial charge < -0.3 is 10.1 Å². The number of sulfonamides is 1. The van der Waals surface area contributed by atoms with Gasteiger partial charge in [0.15, 0.2) is 0 Å². The van der Waals surface area contributed by atoms with Gasteiger partial charge >= 0.3 is 0 Å². The number of carbonyl (C=O) groups is 1. The first kappa shape index (κ1) is 16.4. The van der Waals surface area contributed by atoms with Crippen LogP contribution in [-0.4, -0.2) is 46.4 Å². The summed E-state index contributed by atoms with van der Waals surface area (Å²) in [5.41, 5.74) is 0. The summed E-state index contributed by atoms with van der Waals surface area (Å²) in [6.45, 7) is 0.948. The van der Waals surface area contributed by atoms with Gasteiger partial charge in [-0.3, -0.25) is 4.79 Å². The van der Waals surface area contributed by atoms with Crippen LogP contribution in [0.2, 0.25) is 0 Å². The Morgan fingerprint density at radius 1 is 1.26 bits per heavy atom. The molecule has 7 heteroatoms. The van der Waals surface area contributed by atoms with E-state index in [2.05, 4.69) is 10.0 Å². The molecule has 2 N–H and O–H groups in total. The molecule has 0 aromatic rings. The summed E-state index contributed by atoms with van der Waals surface area (Å²) in [6.07, 6.45) is 8.26. The Hall–Kier alpha value is -0.660. The fourth-order valence-electron chi connectivity index (χ4n) is 2.04. The molecule has 1 aliphatic rings. The van der Waals surface area contributed by atoms with Gasteiger partial charge in [-0.1, -0.05) is 19.3 Å². The van der Waals surface area contributed by atoms with E-state index in [4.69, 9.17) is 4.74 Å². The van der Waals surface area contributed by atoms with E-state index in [1.807, 2.05) is 0 Å². The Morgan fingerprint density at radius 2 is 1.95 bits per heavy atom. The topological polar surface area (TPSA) is 84.5 Å². The van der Waals surface area contributed by atoms with Crippen LogP contribution in [0.15, 0.2) is 0 Å². The summed E-state index contributed by atoms with van der Waals surface area (Å²) in [4.78, 5) is 11.3. The van der Waals surface area contributed by atoms with Crippen molar-refractivity contribution in [1.29, 1.82) is 0 Å². The van der Waals surface area contributed by atoms with E-state index in [-0.39, 0.29) is 12.5 Å². The molecule has 0 aromatic heterocycles. The summed E-state index contributed by atoms with van der Waals surface area (Å²) in [6, 6.07) is 0. The Balaban J connectivity index is 1.96. The number of nitrogens with one attached hydrogen (secondary N) is 2. The molecule has 6 nitrogen and oxygen atoms in total. The minimum Gasteiger partial charge on any atom is -0.378 e. The van der Waals surface area contributed by atoms with Crippen LogP contribution in [0.25, 0.3) is 0 Å². The molecule has 0 bridgehead atoms. The molecular weight excluding hydrogens is 268 g/mol. The zero-order valence-corrected chi connectivity index (χ0v) is 12.3. The normalized spacial score (nSPS) is 17.3. The highest BCUT2D eigenvalue weighted by Gasteiger charge is 2.13. The van der Waals surface area contributed by atoms with Crippen molar-refractivity contribution in [3.8, 4) is 0 Å². The average Bonchev–Trinajstić information content (AvgIpc) is 2.36. The maximum absolute atomic E-state index is 11.3. The second-order valence-corrected chi connectivity index (χ2v) is 6.76. The van der Waals surface area contributed by atoms with Crippen LogP contribution in [0.5, 0.6) is 0 Å². The third kappa shape index (κ3) is 8.96. The van der Waals surface area contributed by atoms with Crippen molar-refractivity contribution < 1.29 is 17.9 Å². The number of amides is 1. The van der Waals surface area contributed by atoms with Crippen molar-refractivity contribution in [2.45, 2.75) is 44.6 Å². The van der Waals surface area contributed by atoms with Gasteiger partial charge in [-0.05, 0) is 19.3 Å². The Morgan fingerprint density at radius 3 is 2.58 bits per heavy atom. The molecule has 0 aromatic carbocycles. The molecule has 0 heterocycles. The molecule has 0 aliphatic heterocycles. The van der Waals surface area contributed by atoms with Gasteiger partial charge in [0.2, 0.25) is 15.9 Å². The van der Waals surface area contributed by atoms with Gasteiger partial charge in [0, 0.05) is 13.2 Å². The minimum atomic E-state index is -3.30. The molecule has 1 saturated carbocycles. The first-order valence-corrected chi connectivity index (χ1v) is 8.69. The van der Waals surface area contributed by atoms with Crippen LogP contribution in [0.4, 0.5) is 0 Å². The van der Waals surface area contributed by atoms with Crippen molar-refractivity contribution in [1.82, 2.24) is 10.0 Å². The fraction of sp³-hybridized carbons (Fsp3) is 0.917. The Labute approximate surface area is 115 Å². The fourth-order valence-corrected chi connectivity index (χ4v) is 2.43. The van der Waals surface area contributed by atoms with E-state index in [1.165, 1.54) is 19.3 Å². The van der Waals surface area contributed by atoms with Gasteiger partial charge in [-0.2, -0.15) is 0 Å². The van der Waals surface area contributed by atoms with Crippen molar-refractivity contribution in [2.75, 3.05) is 26.0 Å². The molecule has 0 spiro atoms. The standard InChI is InChI=1S/C12H24N2O4S/c1-19(16,17)14-10-12(15)13-8-5-9-18-11-6-3-2-4-7-11/h11,14H,2-10H2,1H3,(H,13,15). The summed E-state index contributed by atoms with van der Waals surface area (Å²) in [5.74, 6) is -0.317. The molecule has 1 rings (SSSR count). The molecule has 0 unspecified atom stereocenters. The lowest BCUT2D eigenvalue weighted by molar-refractivity contribution is -0.120. The van der Waals surface area contributed by atoms with Crippen molar-refractivity contribution in [3.63, 3.8) is 0 Å². The maximum atomic E-state index is 11.3. The first-order valence-electron chi connectivity index (χ1n) is 6.80. The van der Waals surface area contributed by atoms with Gasteiger partial charge in [0.25, 0.3) is 0 Å². The molecule has 19 heavy (non-hydrogen) atoms. The monoisotopic (exact) mass is 292 g/mol. The van der Waals surface area contributed by atoms with Crippen LogP contribution < -0.4 is 10.0 Å². The largest absolute Gasteiger partial charge is 0.378 e. The highest BCUT2D eigenvalue weighted by molar-refractivity contribution is 7.88. The summed E-state index contributed by atoms with van der Waals surface area (Å²) < 4.78 is 29.4. The van der Waals surface area contributed by atoms with Crippen LogP contribution in [0.1, 0.15) is 38.5 Å². The molecule has 1 aliphatic carbocycles. The lowest BCUT2D eigenvalue weighted by Gasteiger charge is -2.21.